The summed E-state index contributed by atoms with van der Waals surface area (Å²) >= 11 is 0. The Kier molecular flexibility index (Phi) is 22.6. The summed E-state index contributed by atoms with van der Waals surface area (Å²) in [5.74, 6) is 0.781. The van der Waals surface area contributed by atoms with Gasteiger partial charge in [0.2, 0.25) is 0 Å². The monoisotopic (exact) mass is 382 g/mol. The Balaban J connectivity index is -0.000000249. The van der Waals surface area contributed by atoms with Gasteiger partial charge < -0.3 is 18.0 Å². The van der Waals surface area contributed by atoms with Gasteiger partial charge in [-0.1, -0.05) is 26.7 Å². The van der Waals surface area contributed by atoms with Crippen molar-refractivity contribution < 1.29 is 49.2 Å². The molecule has 0 aliphatic heterocycles. The maximum Gasteiger partial charge on any atom is 0.0512 e. The van der Waals surface area contributed by atoms with Gasteiger partial charge in [0.05, 0.1) is 6.10 Å². The largest absolute Gasteiger partial charge is 0.697 e. The third kappa shape index (κ3) is 22.4. The van der Waals surface area contributed by atoms with Crippen LogP contribution < -0.4 is 0 Å². The molecule has 0 spiro atoms. The van der Waals surface area contributed by atoms with E-state index in [2.05, 4.69) is 20.3 Å². The topological polar surface area (TPSA) is 20.2 Å². The zero-order chi connectivity index (χ0) is 9.28. The first-order valence-corrected chi connectivity index (χ1v) is 4.10. The third-order valence-corrected chi connectivity index (χ3v) is 1.40. The molecule has 1 radical (unpaired) electrons. The Morgan fingerprint density at radius 1 is 1.17 bits per heavy atom. The van der Waals surface area contributed by atoms with Crippen molar-refractivity contribution in [3.63, 3.8) is 0 Å². The van der Waals surface area contributed by atoms with Crippen LogP contribution in [0.2, 0.25) is 0 Å². The first-order chi connectivity index (χ1) is 5.13. The molecule has 0 bridgehead atoms. The molecule has 0 saturated carbocycles. The van der Waals surface area contributed by atoms with Gasteiger partial charge in [0.25, 0.3) is 0 Å². The van der Waals surface area contributed by atoms with E-state index in [9.17, 15) is 0 Å². The van der Waals surface area contributed by atoms with E-state index in [1.165, 1.54) is 6.42 Å². The molecule has 69 valence electrons. The van der Waals surface area contributed by atoms with Crippen LogP contribution in [0.25, 0.3) is 0 Å². The summed E-state index contributed by atoms with van der Waals surface area (Å²) in [6.07, 6.45) is 12.3. The molecule has 1 nitrogen and oxygen atoms in total. The fourth-order valence-corrected chi connectivity index (χ4v) is 0.822. The Labute approximate surface area is 113 Å². The maximum atomic E-state index is 8.87. The summed E-state index contributed by atoms with van der Waals surface area (Å²) in [5, 5.41) is 8.87. The molecule has 1 atom stereocenters. The van der Waals surface area contributed by atoms with E-state index in [1.807, 2.05) is 6.92 Å². The van der Waals surface area contributed by atoms with Crippen LogP contribution in [0, 0.1) is 62.8 Å². The molecule has 0 saturated heterocycles. The van der Waals surface area contributed by atoms with Gasteiger partial charge in [-0.3, -0.25) is 0 Å². The molecule has 0 amide bonds. The number of aliphatic hydroxyl groups is 1. The molecule has 0 aliphatic rings. The second-order valence-electron chi connectivity index (χ2n) is 3.17. The van der Waals surface area contributed by atoms with Gasteiger partial charge >= 0.3 is 0 Å². The number of terminal acetylenes is 1. The number of hydrogen-bond donors (Lipinski definition) is 1. The number of rotatable bonds is 4. The molecular formula is C10H19AcO-. The van der Waals surface area contributed by atoms with Gasteiger partial charge in [0.15, 0.2) is 0 Å². The average Bonchev–Trinajstić information content (AvgIpc) is 1.90. The predicted molar refractivity (Wildman–Crippen MR) is 48.6 cm³/mol. The van der Waals surface area contributed by atoms with Crippen LogP contribution in [-0.2, 0) is 0 Å². The summed E-state index contributed by atoms with van der Waals surface area (Å²) in [5.41, 5.74) is 0. The first kappa shape index (κ1) is 18.7. The van der Waals surface area contributed by atoms with Crippen LogP contribution in [0.15, 0.2) is 0 Å². The fourth-order valence-electron chi connectivity index (χ4n) is 0.822. The molecule has 0 heterocycles. The van der Waals surface area contributed by atoms with Gasteiger partial charge in [0, 0.05) is 44.1 Å². The van der Waals surface area contributed by atoms with Crippen molar-refractivity contribution in [1.82, 2.24) is 0 Å². The van der Waals surface area contributed by atoms with Crippen LogP contribution in [0.5, 0.6) is 0 Å². The Morgan fingerprint density at radius 2 is 1.58 bits per heavy atom. The summed E-state index contributed by atoms with van der Waals surface area (Å²) in [6.45, 7) is 6.27. The van der Waals surface area contributed by atoms with Crippen LogP contribution in [-0.4, -0.2) is 11.2 Å². The van der Waals surface area contributed by atoms with Gasteiger partial charge in [0.1, 0.15) is 0 Å². The minimum Gasteiger partial charge on any atom is -0.697 e. The van der Waals surface area contributed by atoms with E-state index >= 15 is 0 Å². The maximum absolute atomic E-state index is 8.87. The second-order valence-corrected chi connectivity index (χ2v) is 3.17. The summed E-state index contributed by atoms with van der Waals surface area (Å²) in [4.78, 5) is 0. The van der Waals surface area contributed by atoms with Crippen molar-refractivity contribution in [2.45, 2.75) is 46.1 Å². The van der Waals surface area contributed by atoms with E-state index in [1.54, 1.807) is 0 Å². The molecular weight excluding hydrogens is 363 g/mol. The van der Waals surface area contributed by atoms with Crippen molar-refractivity contribution in [1.29, 1.82) is 0 Å². The summed E-state index contributed by atoms with van der Waals surface area (Å²) < 4.78 is 0. The van der Waals surface area contributed by atoms with E-state index < -0.39 is 0 Å². The molecule has 0 aromatic rings. The van der Waals surface area contributed by atoms with Crippen LogP contribution in [0.3, 0.4) is 0 Å². The van der Waals surface area contributed by atoms with Crippen molar-refractivity contribution in [3.05, 3.63) is 6.42 Å². The predicted octanol–water partition coefficient (Wildman–Crippen LogP) is 2.40. The van der Waals surface area contributed by atoms with Gasteiger partial charge in [-0.05, 0) is 19.3 Å². The molecule has 0 aliphatic carbocycles. The molecule has 2 heteroatoms. The molecule has 0 aromatic heterocycles. The second kappa shape index (κ2) is 14.5. The number of hydrogen-bond acceptors (Lipinski definition) is 1. The Morgan fingerprint density at radius 3 is 1.83 bits per heavy atom. The normalized spacial score (nSPS) is 10.9. The first-order valence-electron chi connectivity index (χ1n) is 4.10. The standard InChI is InChI=1S/C8H18O.C2H.Ac/c1-7(2)5-4-6-8(3)9;1-2;/h7-9H,4-6H2,1-3H3;1H;/q;-1;. The van der Waals surface area contributed by atoms with Crippen LogP contribution in [0.1, 0.15) is 40.0 Å². The average molecular weight is 382 g/mol. The van der Waals surface area contributed by atoms with Crippen molar-refractivity contribution in [2.24, 2.45) is 5.92 Å². The van der Waals surface area contributed by atoms with Gasteiger partial charge in [-0.2, -0.15) is 0 Å². The van der Waals surface area contributed by atoms with E-state index in [-0.39, 0.29) is 50.2 Å². The summed E-state index contributed by atoms with van der Waals surface area (Å²) in [7, 11) is 0. The number of aliphatic hydroxyl groups excluding tert-OH is 1. The van der Waals surface area contributed by atoms with Crippen LogP contribution in [0.4, 0.5) is 0 Å². The van der Waals surface area contributed by atoms with Gasteiger partial charge in [-0.15, -0.1) is 0 Å². The van der Waals surface area contributed by atoms with Crippen LogP contribution >= 0.6 is 0 Å². The van der Waals surface area contributed by atoms with Crippen molar-refractivity contribution in [3.8, 4) is 6.42 Å². The Hall–Kier alpha value is 0.962. The van der Waals surface area contributed by atoms with E-state index in [0.29, 0.717) is 0 Å². The van der Waals surface area contributed by atoms with E-state index in [0.717, 1.165) is 18.8 Å². The minimum atomic E-state index is -0.108. The molecule has 0 aromatic carbocycles. The zero-order valence-electron chi connectivity index (χ0n) is 8.38. The Bertz CT molecular complexity index is 79.1. The molecule has 1 N–H and O–H groups in total. The molecule has 0 rings (SSSR count). The quantitative estimate of drug-likeness (QED) is 0.585. The van der Waals surface area contributed by atoms with Crippen molar-refractivity contribution >= 4 is 0 Å². The smallest absolute Gasteiger partial charge is 0.0512 e. The fraction of sp³-hybridized carbons (Fsp3) is 0.800. The van der Waals surface area contributed by atoms with E-state index in [4.69, 9.17) is 11.5 Å². The minimum absolute atomic E-state index is 0. The molecule has 1 unspecified atom stereocenters. The summed E-state index contributed by atoms with van der Waals surface area (Å²) in [6, 6.07) is 0. The zero-order valence-corrected chi connectivity index (χ0v) is 13.1. The SMILES string of the molecule is CC(C)CCCC(C)O.[Ac].[C-]#C. The molecule has 12 heavy (non-hydrogen) atoms. The third-order valence-electron chi connectivity index (χ3n) is 1.40. The molecule has 0 fully saturated rings. The van der Waals surface area contributed by atoms with Gasteiger partial charge in [-0.25, -0.2) is 0 Å². The van der Waals surface area contributed by atoms with Crippen molar-refractivity contribution in [2.75, 3.05) is 0 Å².